The fourth-order valence-electron chi connectivity index (χ4n) is 14.1. The molecule has 0 atom stereocenters. The van der Waals surface area contributed by atoms with Crippen LogP contribution in [0.15, 0.2) is 88.9 Å². The van der Waals surface area contributed by atoms with Gasteiger partial charge in [0, 0.05) is 6.42 Å². The van der Waals surface area contributed by atoms with Crippen LogP contribution in [0, 0.1) is 11.8 Å². The van der Waals surface area contributed by atoms with Crippen LogP contribution in [0.2, 0.25) is 0 Å². The number of hydrogen-bond donors (Lipinski definition) is 0. The van der Waals surface area contributed by atoms with Gasteiger partial charge < -0.3 is 0 Å². The number of allylic oxidation sites excluding steroid dienone is 10. The molecule has 0 heterocycles. The first-order valence-corrected chi connectivity index (χ1v) is 43.2. The number of nitrogens with zero attached hydrogens (tertiary/aromatic N) is 2. The van der Waals surface area contributed by atoms with Crippen molar-refractivity contribution in [1.82, 2.24) is 0 Å². The monoisotopic (exact) mass is 1390 g/mol. The summed E-state index contributed by atoms with van der Waals surface area (Å²) in [5, 5.41) is 0. The molecular formula is C95H160N2Ni+2. The van der Waals surface area contributed by atoms with Gasteiger partial charge in [0.25, 0.3) is 0 Å². The summed E-state index contributed by atoms with van der Waals surface area (Å²) >= 11 is 0. The summed E-state index contributed by atoms with van der Waals surface area (Å²) in [6.45, 7) is 21.0. The predicted molar refractivity (Wildman–Crippen MR) is 442 cm³/mol. The van der Waals surface area contributed by atoms with E-state index >= 15 is 0 Å². The molecular weight excluding hydrogens is 1230 g/mol. The molecule has 0 unspecified atom stereocenters. The Labute approximate surface area is 622 Å². The number of benzene rings is 2. The molecule has 2 aromatic rings. The molecule has 2 aromatic carbocycles. The van der Waals surface area contributed by atoms with Crippen molar-refractivity contribution in [3.05, 3.63) is 118 Å². The van der Waals surface area contributed by atoms with E-state index in [0.717, 1.165) is 113 Å². The van der Waals surface area contributed by atoms with E-state index in [1.165, 1.54) is 317 Å². The van der Waals surface area contributed by atoms with Gasteiger partial charge in [-0.15, -0.1) is 0 Å². The van der Waals surface area contributed by atoms with E-state index in [1.807, 2.05) is 0 Å². The maximum Gasteiger partial charge on any atom is 2.00 e. The predicted octanol–water partition coefficient (Wildman–Crippen LogP) is 32.0. The first-order valence-electron chi connectivity index (χ1n) is 43.2. The van der Waals surface area contributed by atoms with Crippen LogP contribution in [0.5, 0.6) is 0 Å². The van der Waals surface area contributed by atoms with Crippen molar-refractivity contribution < 1.29 is 16.5 Å². The number of unbranched alkanes of at least 4 members (excludes halogenated alkanes) is 39. The molecule has 0 N–H and O–H groups in total. The van der Waals surface area contributed by atoms with E-state index in [0.29, 0.717) is 0 Å². The van der Waals surface area contributed by atoms with Gasteiger partial charge in [0.2, 0.25) is 0 Å². The van der Waals surface area contributed by atoms with Gasteiger partial charge in [-0.3, -0.25) is 4.99 Å². The van der Waals surface area contributed by atoms with Gasteiger partial charge in [0.05, 0.1) is 17.1 Å². The molecule has 2 rings (SSSR count). The van der Waals surface area contributed by atoms with Gasteiger partial charge >= 0.3 is 16.5 Å². The van der Waals surface area contributed by atoms with Crippen LogP contribution < -0.4 is 0 Å². The summed E-state index contributed by atoms with van der Waals surface area (Å²) in [6.07, 6.45) is 100. The van der Waals surface area contributed by atoms with Gasteiger partial charge in [0.15, 0.2) is 0 Å². The van der Waals surface area contributed by atoms with E-state index in [1.54, 1.807) is 16.7 Å². The minimum absolute atomic E-state index is 0. The molecule has 0 aliphatic carbocycles. The molecule has 0 saturated heterocycles. The van der Waals surface area contributed by atoms with Crippen molar-refractivity contribution in [3.8, 4) is 11.8 Å². The average molecular weight is 1390 g/mol. The Balaban J connectivity index is 0.0000480. The fraction of sp³-hybridized carbons (Fsp3) is 0.726. The Morgan fingerprint density at radius 1 is 0.286 bits per heavy atom. The van der Waals surface area contributed by atoms with Crippen LogP contribution in [0.3, 0.4) is 0 Å². The number of hydrogen-bond acceptors (Lipinski definition) is 2. The third-order valence-electron chi connectivity index (χ3n) is 20.3. The average Bonchev–Trinajstić information content (AvgIpc) is 0.766. The summed E-state index contributed by atoms with van der Waals surface area (Å²) in [6, 6.07) is 7.23. The van der Waals surface area contributed by atoms with Gasteiger partial charge in [-0.2, -0.15) is 0 Å². The van der Waals surface area contributed by atoms with Crippen LogP contribution in [0.4, 0.5) is 11.4 Å². The van der Waals surface area contributed by atoms with Crippen LogP contribution in [-0.2, 0) is 61.4 Å². The van der Waals surface area contributed by atoms with E-state index in [2.05, 4.69) is 153 Å². The minimum atomic E-state index is 0. The molecule has 0 aromatic heterocycles. The zero-order valence-corrected chi connectivity index (χ0v) is 67.6. The summed E-state index contributed by atoms with van der Waals surface area (Å²) in [4.78, 5) is 12.0. The third kappa shape index (κ3) is 48.4. The summed E-state index contributed by atoms with van der Waals surface area (Å²) in [5.74, 6) is 7.80. The molecule has 0 saturated carbocycles. The van der Waals surface area contributed by atoms with Crippen LogP contribution >= 0.6 is 0 Å². The van der Waals surface area contributed by atoms with Gasteiger partial charge in [-0.1, -0.05) is 347 Å². The van der Waals surface area contributed by atoms with Gasteiger partial charge in [0.1, 0.15) is 5.71 Å². The largest absolute Gasteiger partial charge is 2.00 e. The second-order valence-electron chi connectivity index (χ2n) is 29.3. The zero-order valence-electron chi connectivity index (χ0n) is 66.6. The van der Waals surface area contributed by atoms with Crippen molar-refractivity contribution in [2.24, 2.45) is 9.98 Å². The molecule has 3 heteroatoms. The Bertz CT molecular complexity index is 2350. The first-order chi connectivity index (χ1) is 48.0. The molecule has 0 bridgehead atoms. The second kappa shape index (κ2) is 70.6. The zero-order chi connectivity index (χ0) is 69.8. The Hall–Kier alpha value is -3.47. The number of aryl methyl sites for hydroxylation is 2. The Kier molecular flexibility index (Phi) is 66.6. The molecule has 98 heavy (non-hydrogen) atoms. The van der Waals surface area contributed by atoms with Crippen LogP contribution in [0.25, 0.3) is 0 Å². The smallest absolute Gasteiger partial charge is 0.251 e. The SMILES string of the molecule is CCCCCC/C=C/CCc1c(CC/C=C/CCCCCC)c(CC/C=C/CCCCCC)c(/N=C(C#CCCCCCCCCCCCCCCCCC)\C(CC)=N\c2ccc(CCCCC)c(CCCCC)c2)c(CC/C=C/CCCCCC)c1CC/C=C/CCCCCC.[Ni+2]. The minimum Gasteiger partial charge on any atom is -0.251 e. The summed E-state index contributed by atoms with van der Waals surface area (Å²) in [7, 11) is 0. The molecule has 0 fully saturated rings. The second-order valence-corrected chi connectivity index (χ2v) is 29.3. The molecule has 2 nitrogen and oxygen atoms in total. The van der Waals surface area contributed by atoms with E-state index in [-0.39, 0.29) is 16.5 Å². The molecule has 558 valence electrons. The van der Waals surface area contributed by atoms with Gasteiger partial charge in [-0.25, -0.2) is 4.99 Å². The van der Waals surface area contributed by atoms with E-state index in [9.17, 15) is 0 Å². The Morgan fingerprint density at radius 3 is 0.918 bits per heavy atom. The maximum absolute atomic E-state index is 6.28. The summed E-state index contributed by atoms with van der Waals surface area (Å²) < 4.78 is 0. The Morgan fingerprint density at radius 2 is 0.571 bits per heavy atom. The first kappa shape index (κ1) is 92.5. The number of aliphatic imine (C=N–C) groups is 2. The molecule has 0 spiro atoms. The van der Waals surface area contributed by atoms with Crippen LogP contribution in [0.1, 0.15) is 442 Å². The van der Waals surface area contributed by atoms with Gasteiger partial charge in [-0.05, 0) is 224 Å². The maximum atomic E-state index is 6.28. The number of rotatable bonds is 67. The van der Waals surface area contributed by atoms with Crippen molar-refractivity contribution >= 4 is 22.8 Å². The van der Waals surface area contributed by atoms with Crippen molar-refractivity contribution in [3.63, 3.8) is 0 Å². The normalized spacial score (nSPS) is 12.3. The standard InChI is InChI=1S/C95H160N2.Ni/c1-10-19-27-33-39-45-46-47-48-49-50-51-52-53-59-65-73-81-94(93(18-9)96-87-83-82-85(74-66-25-16-7)86(84-87)75-67-26-17-8)97-95-91(79-71-63-57-43-37-31-23-14-5)89(77-69-61-55-41-35-29-21-12-3)88(76-68-60-54-40-34-28-20-11-2)90(78-70-62-56-42-36-30-22-13-4)92(95)80-72-64-58-44-38-32-24-15-6;/h54-58,60-64,82-84H,10-53,59,65-72,74-80H2,1-9H3;/q;+2/b60-54+,61-55+,62-56+,63-57+,64-58+,96-93+,97-94-;. The molecule has 0 radical (unpaired) electrons. The molecule has 0 aliphatic rings. The topological polar surface area (TPSA) is 24.7 Å². The van der Waals surface area contributed by atoms with Crippen molar-refractivity contribution in [2.45, 2.75) is 448 Å². The van der Waals surface area contributed by atoms with E-state index < -0.39 is 0 Å². The van der Waals surface area contributed by atoms with Crippen molar-refractivity contribution in [1.29, 1.82) is 0 Å². The molecule has 0 aliphatic heterocycles. The summed E-state index contributed by atoms with van der Waals surface area (Å²) in [5.41, 5.74) is 15.2. The third-order valence-corrected chi connectivity index (χ3v) is 20.3. The van der Waals surface area contributed by atoms with E-state index in [4.69, 9.17) is 9.98 Å². The molecule has 0 amide bonds. The fourth-order valence-corrected chi connectivity index (χ4v) is 14.1. The van der Waals surface area contributed by atoms with Crippen LogP contribution in [-0.4, -0.2) is 11.4 Å². The quantitative estimate of drug-likeness (QED) is 0.0207. The van der Waals surface area contributed by atoms with Crippen molar-refractivity contribution in [2.75, 3.05) is 0 Å².